The van der Waals surface area contributed by atoms with Gasteiger partial charge in [0, 0.05) is 19.4 Å². The SMILES string of the molecule is CN(CC#N)C(=O)c1ccncc1Cl. The van der Waals surface area contributed by atoms with E-state index in [4.69, 9.17) is 16.9 Å². The first-order chi connectivity index (χ1) is 6.66. The van der Waals surface area contributed by atoms with Crippen LogP contribution in [0, 0.1) is 11.3 Å². The monoisotopic (exact) mass is 209 g/mol. The van der Waals surface area contributed by atoms with Gasteiger partial charge in [0.2, 0.25) is 0 Å². The smallest absolute Gasteiger partial charge is 0.256 e. The van der Waals surface area contributed by atoms with E-state index in [1.807, 2.05) is 6.07 Å². The van der Waals surface area contributed by atoms with E-state index in [0.717, 1.165) is 0 Å². The molecule has 0 N–H and O–H groups in total. The second-order valence-electron chi connectivity index (χ2n) is 2.67. The predicted molar refractivity (Wildman–Crippen MR) is 51.8 cm³/mol. The summed E-state index contributed by atoms with van der Waals surface area (Å²) in [6.07, 6.45) is 2.88. The quantitative estimate of drug-likeness (QED) is 0.691. The summed E-state index contributed by atoms with van der Waals surface area (Å²) in [7, 11) is 1.54. The summed E-state index contributed by atoms with van der Waals surface area (Å²) >= 11 is 5.77. The van der Waals surface area contributed by atoms with Crippen molar-refractivity contribution >= 4 is 17.5 Å². The van der Waals surface area contributed by atoms with Crippen molar-refractivity contribution in [2.75, 3.05) is 13.6 Å². The number of nitrogens with zero attached hydrogens (tertiary/aromatic N) is 3. The molecular formula is C9H8ClN3O. The normalized spacial score (nSPS) is 9.21. The lowest BCUT2D eigenvalue weighted by molar-refractivity contribution is 0.0812. The predicted octanol–water partition coefficient (Wildman–Crippen LogP) is 1.33. The Labute approximate surface area is 86.7 Å². The molecule has 5 heteroatoms. The molecule has 0 fully saturated rings. The van der Waals surface area contributed by atoms with E-state index in [2.05, 4.69) is 4.98 Å². The maximum atomic E-state index is 11.6. The first-order valence-electron chi connectivity index (χ1n) is 3.88. The Bertz CT molecular complexity index is 386. The number of aromatic nitrogens is 1. The summed E-state index contributed by atoms with van der Waals surface area (Å²) in [5.41, 5.74) is 0.361. The molecule has 0 aliphatic heterocycles. The van der Waals surface area contributed by atoms with Crippen LogP contribution in [0.1, 0.15) is 10.4 Å². The number of carbonyl (C=O) groups excluding carboxylic acids is 1. The number of hydrogen-bond donors (Lipinski definition) is 0. The molecule has 0 aliphatic carbocycles. The Kier molecular flexibility index (Phi) is 3.43. The number of nitriles is 1. The fraction of sp³-hybridized carbons (Fsp3) is 0.222. The van der Waals surface area contributed by atoms with E-state index in [9.17, 15) is 4.79 Å². The van der Waals surface area contributed by atoms with Crippen LogP contribution in [0.4, 0.5) is 0 Å². The third-order valence-electron chi connectivity index (χ3n) is 1.66. The Morgan fingerprint density at radius 3 is 3.07 bits per heavy atom. The molecule has 1 heterocycles. The molecule has 0 bridgehead atoms. The van der Waals surface area contributed by atoms with E-state index in [-0.39, 0.29) is 12.5 Å². The summed E-state index contributed by atoms with van der Waals surface area (Å²) in [6.45, 7) is 0.0392. The average molecular weight is 210 g/mol. The van der Waals surface area contributed by atoms with Crippen LogP contribution in [0.15, 0.2) is 18.5 Å². The summed E-state index contributed by atoms with van der Waals surface area (Å²) in [6, 6.07) is 3.41. The van der Waals surface area contributed by atoms with Crippen molar-refractivity contribution in [1.82, 2.24) is 9.88 Å². The zero-order chi connectivity index (χ0) is 10.6. The van der Waals surface area contributed by atoms with Crippen LogP contribution in [0.2, 0.25) is 5.02 Å². The van der Waals surface area contributed by atoms with Crippen molar-refractivity contribution in [3.05, 3.63) is 29.0 Å². The number of pyridine rings is 1. The fourth-order valence-electron chi connectivity index (χ4n) is 0.932. The van der Waals surface area contributed by atoms with E-state index in [0.29, 0.717) is 10.6 Å². The molecule has 1 amide bonds. The summed E-state index contributed by atoms with van der Waals surface area (Å²) < 4.78 is 0. The highest BCUT2D eigenvalue weighted by molar-refractivity contribution is 6.33. The molecule has 1 aromatic rings. The van der Waals surface area contributed by atoms with Crippen LogP contribution in [0.5, 0.6) is 0 Å². The van der Waals surface area contributed by atoms with Crippen molar-refractivity contribution in [3.8, 4) is 6.07 Å². The van der Waals surface area contributed by atoms with Gasteiger partial charge in [0.25, 0.3) is 5.91 Å². The number of halogens is 1. The molecular weight excluding hydrogens is 202 g/mol. The summed E-state index contributed by atoms with van der Waals surface area (Å²) in [5, 5.41) is 8.71. The van der Waals surface area contributed by atoms with Crippen molar-refractivity contribution in [2.45, 2.75) is 0 Å². The van der Waals surface area contributed by atoms with E-state index in [1.165, 1.54) is 23.4 Å². The molecule has 0 aromatic carbocycles. The van der Waals surface area contributed by atoms with Crippen molar-refractivity contribution in [1.29, 1.82) is 5.26 Å². The molecule has 1 rings (SSSR count). The van der Waals surface area contributed by atoms with Crippen molar-refractivity contribution in [3.63, 3.8) is 0 Å². The van der Waals surface area contributed by atoms with Crippen LogP contribution in [0.25, 0.3) is 0 Å². The van der Waals surface area contributed by atoms with Crippen LogP contribution in [0.3, 0.4) is 0 Å². The second-order valence-corrected chi connectivity index (χ2v) is 3.08. The van der Waals surface area contributed by atoms with Gasteiger partial charge in [-0.25, -0.2) is 0 Å². The fourth-order valence-corrected chi connectivity index (χ4v) is 1.13. The molecule has 72 valence electrons. The largest absolute Gasteiger partial charge is 0.328 e. The molecule has 0 radical (unpaired) electrons. The zero-order valence-electron chi connectivity index (χ0n) is 7.57. The van der Waals surface area contributed by atoms with Gasteiger partial charge in [0.05, 0.1) is 16.7 Å². The molecule has 0 spiro atoms. The summed E-state index contributed by atoms with van der Waals surface area (Å²) in [4.78, 5) is 16.7. The van der Waals surface area contributed by atoms with Gasteiger partial charge in [-0.1, -0.05) is 11.6 Å². The van der Waals surface area contributed by atoms with Crippen molar-refractivity contribution in [2.24, 2.45) is 0 Å². The molecule has 1 aromatic heterocycles. The van der Waals surface area contributed by atoms with Gasteiger partial charge in [0.1, 0.15) is 6.54 Å². The third kappa shape index (κ3) is 2.21. The van der Waals surface area contributed by atoms with Gasteiger partial charge in [-0.15, -0.1) is 0 Å². The Morgan fingerprint density at radius 1 is 1.79 bits per heavy atom. The molecule has 0 unspecified atom stereocenters. The van der Waals surface area contributed by atoms with Crippen LogP contribution in [-0.4, -0.2) is 29.4 Å². The van der Waals surface area contributed by atoms with Gasteiger partial charge < -0.3 is 4.90 Å². The number of rotatable bonds is 2. The highest BCUT2D eigenvalue weighted by Crippen LogP contribution is 2.14. The van der Waals surface area contributed by atoms with Gasteiger partial charge in [0.15, 0.2) is 0 Å². The number of hydrogen-bond acceptors (Lipinski definition) is 3. The van der Waals surface area contributed by atoms with Crippen LogP contribution < -0.4 is 0 Å². The highest BCUT2D eigenvalue weighted by atomic mass is 35.5. The molecule has 0 atom stereocenters. The number of amides is 1. The van der Waals surface area contributed by atoms with E-state index >= 15 is 0 Å². The lowest BCUT2D eigenvalue weighted by Gasteiger charge is -2.13. The van der Waals surface area contributed by atoms with E-state index in [1.54, 1.807) is 7.05 Å². The molecule has 4 nitrogen and oxygen atoms in total. The average Bonchev–Trinajstić information content (AvgIpc) is 2.18. The van der Waals surface area contributed by atoms with Gasteiger partial charge in [-0.2, -0.15) is 5.26 Å². The third-order valence-corrected chi connectivity index (χ3v) is 1.96. The lowest BCUT2D eigenvalue weighted by Crippen LogP contribution is -2.27. The van der Waals surface area contributed by atoms with Crippen LogP contribution >= 0.6 is 11.6 Å². The lowest BCUT2D eigenvalue weighted by atomic mass is 10.2. The standard InChI is InChI=1S/C9H8ClN3O/c1-13(5-3-11)9(14)7-2-4-12-6-8(7)10/h2,4,6H,5H2,1H3. The highest BCUT2D eigenvalue weighted by Gasteiger charge is 2.13. The zero-order valence-corrected chi connectivity index (χ0v) is 8.32. The van der Waals surface area contributed by atoms with Gasteiger partial charge in [-0.05, 0) is 6.07 Å². The van der Waals surface area contributed by atoms with Gasteiger partial charge in [-0.3, -0.25) is 9.78 Å². The molecule has 0 saturated carbocycles. The Balaban J connectivity index is 2.91. The first-order valence-corrected chi connectivity index (χ1v) is 4.26. The molecule has 0 aliphatic rings. The minimum Gasteiger partial charge on any atom is -0.328 e. The Morgan fingerprint density at radius 2 is 2.50 bits per heavy atom. The Hall–Kier alpha value is -1.60. The molecule has 14 heavy (non-hydrogen) atoms. The maximum absolute atomic E-state index is 11.6. The minimum absolute atomic E-state index is 0.0392. The first kappa shape index (κ1) is 10.5. The van der Waals surface area contributed by atoms with E-state index < -0.39 is 0 Å². The maximum Gasteiger partial charge on any atom is 0.256 e. The topological polar surface area (TPSA) is 57.0 Å². The summed E-state index contributed by atoms with van der Waals surface area (Å²) in [5.74, 6) is -0.279. The van der Waals surface area contributed by atoms with Gasteiger partial charge >= 0.3 is 0 Å². The van der Waals surface area contributed by atoms with Crippen molar-refractivity contribution < 1.29 is 4.79 Å². The number of carbonyl (C=O) groups is 1. The van der Waals surface area contributed by atoms with Crippen LogP contribution in [-0.2, 0) is 0 Å². The molecule has 0 saturated heterocycles. The minimum atomic E-state index is -0.279. The second kappa shape index (κ2) is 4.58.